The number of hydrogen-bond acceptors (Lipinski definition) is 4. The van der Waals surface area contributed by atoms with Crippen LogP contribution in [0.25, 0.3) is 0 Å². The van der Waals surface area contributed by atoms with E-state index < -0.39 is 27.7 Å². The average Bonchev–Trinajstić information content (AvgIpc) is 2.58. The first-order valence-corrected chi connectivity index (χ1v) is 10.2. The van der Waals surface area contributed by atoms with Crippen LogP contribution in [-0.2, 0) is 14.6 Å². The van der Waals surface area contributed by atoms with Gasteiger partial charge in [-0.05, 0) is 43.2 Å². The summed E-state index contributed by atoms with van der Waals surface area (Å²) in [5.74, 6) is -1.08. The topological polar surface area (TPSA) is 92.3 Å². The number of sulfone groups is 1. The summed E-state index contributed by atoms with van der Waals surface area (Å²) in [6.45, 7) is 1.90. The molecule has 2 aromatic carbocycles. The first-order valence-electron chi connectivity index (χ1n) is 8.16. The normalized spacial score (nSPS) is 12.2. The first-order chi connectivity index (χ1) is 12.2. The van der Waals surface area contributed by atoms with Crippen LogP contribution in [0.1, 0.15) is 22.3 Å². The molecule has 138 valence electrons. The zero-order valence-electron chi connectivity index (χ0n) is 14.7. The minimum Gasteiger partial charge on any atom is -0.340 e. The molecular weight excluding hydrogens is 352 g/mol. The van der Waals surface area contributed by atoms with Crippen LogP contribution in [-0.4, -0.2) is 38.3 Å². The summed E-state index contributed by atoms with van der Waals surface area (Å²) in [5, 5.41) is 5.35. The molecule has 0 heterocycles. The second kappa shape index (κ2) is 8.62. The van der Waals surface area contributed by atoms with E-state index in [0.29, 0.717) is 11.3 Å². The molecule has 0 saturated carbocycles. The summed E-state index contributed by atoms with van der Waals surface area (Å²) >= 11 is 0. The molecular formula is C19H22N2O4S. The van der Waals surface area contributed by atoms with Gasteiger partial charge in [0.05, 0.1) is 5.75 Å². The van der Waals surface area contributed by atoms with E-state index in [1.165, 1.54) is 0 Å². The Morgan fingerprint density at radius 3 is 2.35 bits per heavy atom. The first kappa shape index (κ1) is 19.7. The molecule has 0 aromatic heterocycles. The molecule has 2 amide bonds. The maximum atomic E-state index is 12.6. The lowest BCUT2D eigenvalue weighted by molar-refractivity contribution is -0.118. The second-order valence-corrected chi connectivity index (χ2v) is 8.43. The van der Waals surface area contributed by atoms with Gasteiger partial charge in [-0.15, -0.1) is 0 Å². The smallest absolute Gasteiger partial charge is 0.251 e. The van der Waals surface area contributed by atoms with Crippen LogP contribution in [0.15, 0.2) is 54.6 Å². The molecule has 0 saturated heterocycles. The van der Waals surface area contributed by atoms with Gasteiger partial charge in [-0.3, -0.25) is 9.59 Å². The molecule has 26 heavy (non-hydrogen) atoms. The minimum atomic E-state index is -3.26. The summed E-state index contributed by atoms with van der Waals surface area (Å²) < 4.78 is 22.9. The Morgan fingerprint density at radius 2 is 1.73 bits per heavy atom. The fraction of sp³-hybridized carbons (Fsp3) is 0.263. The molecule has 0 fully saturated rings. The highest BCUT2D eigenvalue weighted by Crippen LogP contribution is 2.11. The third-order valence-corrected chi connectivity index (χ3v) is 4.70. The van der Waals surface area contributed by atoms with E-state index in [2.05, 4.69) is 10.6 Å². The lowest BCUT2D eigenvalue weighted by Crippen LogP contribution is -2.44. The molecule has 0 radical (unpaired) electrons. The van der Waals surface area contributed by atoms with Gasteiger partial charge >= 0.3 is 0 Å². The molecule has 0 bridgehead atoms. The molecule has 0 aliphatic rings. The van der Waals surface area contributed by atoms with Crippen LogP contribution >= 0.6 is 0 Å². The van der Waals surface area contributed by atoms with Crippen molar-refractivity contribution in [3.05, 3.63) is 65.7 Å². The van der Waals surface area contributed by atoms with Crippen molar-refractivity contribution >= 4 is 27.3 Å². The van der Waals surface area contributed by atoms with E-state index in [1.54, 1.807) is 48.5 Å². The number of nitrogens with one attached hydrogen (secondary N) is 2. The highest BCUT2D eigenvalue weighted by molar-refractivity contribution is 7.90. The van der Waals surface area contributed by atoms with Crippen LogP contribution in [0, 0.1) is 6.92 Å². The van der Waals surface area contributed by atoms with E-state index in [4.69, 9.17) is 0 Å². The van der Waals surface area contributed by atoms with Crippen molar-refractivity contribution in [2.75, 3.05) is 17.3 Å². The van der Waals surface area contributed by atoms with Crippen molar-refractivity contribution < 1.29 is 18.0 Å². The molecule has 6 nitrogen and oxygen atoms in total. The van der Waals surface area contributed by atoms with Gasteiger partial charge in [0.1, 0.15) is 15.9 Å². The fourth-order valence-electron chi connectivity index (χ4n) is 2.38. The Kier molecular flexibility index (Phi) is 6.52. The van der Waals surface area contributed by atoms with Crippen molar-refractivity contribution in [3.8, 4) is 0 Å². The summed E-state index contributed by atoms with van der Waals surface area (Å²) in [4.78, 5) is 24.9. The third-order valence-electron chi connectivity index (χ3n) is 3.72. The number of carbonyl (C=O) groups is 2. The van der Waals surface area contributed by atoms with Crippen LogP contribution in [0.5, 0.6) is 0 Å². The molecule has 7 heteroatoms. The Bertz CT molecular complexity index is 879. The van der Waals surface area contributed by atoms with Crippen LogP contribution in [0.4, 0.5) is 5.69 Å². The highest BCUT2D eigenvalue weighted by atomic mass is 32.2. The quantitative estimate of drug-likeness (QED) is 0.777. The third kappa shape index (κ3) is 6.33. The molecule has 0 spiro atoms. The molecule has 0 aliphatic carbocycles. The highest BCUT2D eigenvalue weighted by Gasteiger charge is 2.23. The molecule has 2 aromatic rings. The van der Waals surface area contributed by atoms with Gasteiger partial charge in [0.25, 0.3) is 5.91 Å². The molecule has 1 atom stereocenters. The van der Waals surface area contributed by atoms with E-state index >= 15 is 0 Å². The number of carbonyl (C=O) groups excluding carboxylic acids is 2. The van der Waals surface area contributed by atoms with E-state index in [1.807, 2.05) is 13.0 Å². The van der Waals surface area contributed by atoms with Crippen molar-refractivity contribution in [2.24, 2.45) is 0 Å². The molecule has 0 aliphatic heterocycles. The van der Waals surface area contributed by atoms with Gasteiger partial charge in [-0.1, -0.05) is 30.3 Å². The molecule has 0 unspecified atom stereocenters. The SMILES string of the molecule is Cc1cccc(NC(=O)[C@@H](CCS(C)(=O)=O)NC(=O)c2ccccc2)c1. The summed E-state index contributed by atoms with van der Waals surface area (Å²) in [6.07, 6.45) is 1.09. The average molecular weight is 374 g/mol. The number of hydrogen-bond donors (Lipinski definition) is 2. The Hall–Kier alpha value is -2.67. The lowest BCUT2D eigenvalue weighted by atomic mass is 10.1. The van der Waals surface area contributed by atoms with Gasteiger partial charge in [0.2, 0.25) is 5.91 Å². The van der Waals surface area contributed by atoms with E-state index in [9.17, 15) is 18.0 Å². The molecule has 2 N–H and O–H groups in total. The predicted octanol–water partition coefficient (Wildman–Crippen LogP) is 2.17. The fourth-order valence-corrected chi connectivity index (χ4v) is 3.05. The summed E-state index contributed by atoms with van der Waals surface area (Å²) in [6, 6.07) is 14.7. The van der Waals surface area contributed by atoms with Crippen LogP contribution in [0.3, 0.4) is 0 Å². The Balaban J connectivity index is 2.14. The van der Waals surface area contributed by atoms with Crippen LogP contribution in [0.2, 0.25) is 0 Å². The van der Waals surface area contributed by atoms with Gasteiger partial charge in [0, 0.05) is 17.5 Å². The maximum absolute atomic E-state index is 12.6. The van der Waals surface area contributed by atoms with Crippen molar-refractivity contribution in [1.82, 2.24) is 5.32 Å². The van der Waals surface area contributed by atoms with Gasteiger partial charge in [0.15, 0.2) is 0 Å². The Morgan fingerprint density at radius 1 is 1.04 bits per heavy atom. The summed E-state index contributed by atoms with van der Waals surface area (Å²) in [5.41, 5.74) is 1.97. The number of anilines is 1. The number of rotatable bonds is 7. The van der Waals surface area contributed by atoms with Crippen molar-refractivity contribution in [3.63, 3.8) is 0 Å². The van der Waals surface area contributed by atoms with Crippen molar-refractivity contribution in [1.29, 1.82) is 0 Å². The maximum Gasteiger partial charge on any atom is 0.251 e. The number of amides is 2. The zero-order valence-corrected chi connectivity index (χ0v) is 15.5. The van der Waals surface area contributed by atoms with Gasteiger partial charge < -0.3 is 10.6 Å². The number of aryl methyl sites for hydroxylation is 1. The van der Waals surface area contributed by atoms with Crippen molar-refractivity contribution in [2.45, 2.75) is 19.4 Å². The minimum absolute atomic E-state index is 0.00490. The van der Waals surface area contributed by atoms with E-state index in [0.717, 1.165) is 11.8 Å². The number of benzene rings is 2. The Labute approximate surface area is 153 Å². The lowest BCUT2D eigenvalue weighted by Gasteiger charge is -2.18. The monoisotopic (exact) mass is 374 g/mol. The van der Waals surface area contributed by atoms with E-state index in [-0.39, 0.29) is 12.2 Å². The predicted molar refractivity (Wildman–Crippen MR) is 102 cm³/mol. The standard InChI is InChI=1S/C19H22N2O4S/c1-14-7-6-10-16(13-14)20-19(23)17(11-12-26(2,24)25)21-18(22)15-8-4-3-5-9-15/h3-10,13,17H,11-12H2,1-2H3,(H,20,23)(H,21,22)/t17-/m1/s1. The van der Waals surface area contributed by atoms with Crippen LogP contribution < -0.4 is 10.6 Å². The molecule has 2 rings (SSSR count). The van der Waals surface area contributed by atoms with Gasteiger partial charge in [-0.2, -0.15) is 0 Å². The zero-order chi connectivity index (χ0) is 19.2. The largest absolute Gasteiger partial charge is 0.340 e. The van der Waals surface area contributed by atoms with Gasteiger partial charge in [-0.25, -0.2) is 8.42 Å². The summed E-state index contributed by atoms with van der Waals surface area (Å²) in [7, 11) is -3.26. The second-order valence-electron chi connectivity index (χ2n) is 6.17.